The fourth-order valence-corrected chi connectivity index (χ4v) is 2.95. The molecule has 3 heterocycles. The van der Waals surface area contributed by atoms with E-state index >= 15 is 0 Å². The van der Waals surface area contributed by atoms with Crippen molar-refractivity contribution in [1.29, 1.82) is 0 Å². The fraction of sp³-hybridized carbons (Fsp3) is 0.111. The number of hydrogen-bond donors (Lipinski definition) is 2. The number of imidazole rings is 1. The maximum Gasteiger partial charge on any atom is 0.387 e. The second-order valence-electron chi connectivity index (χ2n) is 6.09. The third-order valence-electron chi connectivity index (χ3n) is 4.05. The molecule has 0 saturated heterocycles. The van der Waals surface area contributed by atoms with Gasteiger partial charge in [0.05, 0.1) is 10.5 Å². The van der Waals surface area contributed by atoms with Crippen LogP contribution in [-0.2, 0) is 0 Å². The van der Waals surface area contributed by atoms with Crippen molar-refractivity contribution in [3.63, 3.8) is 0 Å². The van der Waals surface area contributed by atoms with Crippen molar-refractivity contribution in [1.82, 2.24) is 24.5 Å². The van der Waals surface area contributed by atoms with Crippen molar-refractivity contribution in [2.24, 2.45) is 0 Å². The normalized spacial score (nSPS) is 11.3. The number of nitrogens with two attached hydrogens (primary N) is 1. The molecular formula is C18H13ClF3N7O. The molecule has 0 bridgehead atoms. The average Bonchev–Trinajstić information content (AvgIpc) is 3.01. The second kappa shape index (κ2) is 7.67. The Morgan fingerprint density at radius 1 is 1.17 bits per heavy atom. The maximum atomic E-state index is 14.5. The van der Waals surface area contributed by atoms with Gasteiger partial charge in [-0.3, -0.25) is 4.57 Å². The molecule has 0 amide bonds. The van der Waals surface area contributed by atoms with Crippen LogP contribution in [0.15, 0.2) is 36.5 Å². The molecule has 3 aromatic heterocycles. The molecule has 0 spiro atoms. The Bertz CT molecular complexity index is 1230. The number of nitrogens with zero attached hydrogens (tertiary/aromatic N) is 5. The maximum absolute atomic E-state index is 14.5. The minimum absolute atomic E-state index is 0.0381. The highest BCUT2D eigenvalue weighted by Crippen LogP contribution is 2.27. The van der Waals surface area contributed by atoms with Gasteiger partial charge in [-0.1, -0.05) is 11.6 Å². The lowest BCUT2D eigenvalue weighted by Crippen LogP contribution is -2.10. The predicted octanol–water partition coefficient (Wildman–Crippen LogP) is 4.24. The molecule has 30 heavy (non-hydrogen) atoms. The summed E-state index contributed by atoms with van der Waals surface area (Å²) in [6.07, 6.45) is 1.45. The number of ether oxygens (including phenoxy) is 1. The molecular weight excluding hydrogens is 423 g/mol. The van der Waals surface area contributed by atoms with Gasteiger partial charge in [-0.2, -0.15) is 23.1 Å². The number of rotatable bonds is 5. The van der Waals surface area contributed by atoms with E-state index < -0.39 is 18.2 Å². The number of halogens is 4. The minimum Gasteiger partial charge on any atom is -0.435 e. The highest BCUT2D eigenvalue weighted by atomic mass is 35.5. The number of pyridine rings is 1. The summed E-state index contributed by atoms with van der Waals surface area (Å²) >= 11 is 6.03. The highest BCUT2D eigenvalue weighted by molar-refractivity contribution is 6.31. The number of fused-ring (bicyclic) bond motifs is 1. The molecule has 0 aliphatic carbocycles. The molecule has 0 fully saturated rings. The topological polar surface area (TPSA) is 104 Å². The van der Waals surface area contributed by atoms with Gasteiger partial charge in [0.2, 0.25) is 11.8 Å². The van der Waals surface area contributed by atoms with Crippen LogP contribution >= 0.6 is 11.6 Å². The van der Waals surface area contributed by atoms with Gasteiger partial charge in [-0.05, 0) is 37.3 Å². The second-order valence-corrected chi connectivity index (χ2v) is 6.53. The first-order chi connectivity index (χ1) is 14.3. The monoisotopic (exact) mass is 435 g/mol. The first-order valence-electron chi connectivity index (χ1n) is 8.47. The largest absolute Gasteiger partial charge is 0.435 e. The molecule has 0 aliphatic rings. The first-order valence-corrected chi connectivity index (χ1v) is 8.85. The summed E-state index contributed by atoms with van der Waals surface area (Å²) in [7, 11) is 0. The Morgan fingerprint density at radius 2 is 1.90 bits per heavy atom. The number of aryl methyl sites for hydroxylation is 1. The number of nitrogen functional groups attached to an aromatic ring is 1. The Labute approximate surface area is 172 Å². The van der Waals surface area contributed by atoms with Crippen LogP contribution in [0.5, 0.6) is 5.75 Å². The Hall–Kier alpha value is -3.60. The van der Waals surface area contributed by atoms with Gasteiger partial charge in [0.1, 0.15) is 11.6 Å². The van der Waals surface area contributed by atoms with Crippen molar-refractivity contribution in [3.05, 3.63) is 53.2 Å². The van der Waals surface area contributed by atoms with E-state index in [-0.39, 0.29) is 17.5 Å². The average molecular weight is 436 g/mol. The fourth-order valence-electron chi connectivity index (χ4n) is 2.79. The van der Waals surface area contributed by atoms with Gasteiger partial charge in [0, 0.05) is 11.9 Å². The zero-order chi connectivity index (χ0) is 21.4. The van der Waals surface area contributed by atoms with Gasteiger partial charge in [0.15, 0.2) is 17.3 Å². The molecule has 0 saturated carbocycles. The standard InChI is InChI=1S/C18H13ClF3N7O/c1-8-25-15-12(6-9(19)7-24-15)29(8)18-27-14(23)13(20)16(28-18)26-10-2-4-11(5-3-10)30-17(21)22/h2-7,17H,1H3,(H3,23,26,27,28). The van der Waals surface area contributed by atoms with Crippen molar-refractivity contribution < 1.29 is 17.9 Å². The number of aromatic nitrogens is 5. The van der Waals surface area contributed by atoms with Gasteiger partial charge in [-0.25, -0.2) is 9.97 Å². The number of anilines is 3. The van der Waals surface area contributed by atoms with Crippen LogP contribution in [0, 0.1) is 12.7 Å². The molecule has 12 heteroatoms. The number of alkyl halides is 2. The molecule has 0 radical (unpaired) electrons. The summed E-state index contributed by atoms with van der Waals surface area (Å²) < 4.78 is 44.9. The number of nitrogens with one attached hydrogen (secondary N) is 1. The SMILES string of the molecule is Cc1nc2ncc(Cl)cc2n1-c1nc(N)c(F)c(Nc2ccc(OC(F)F)cc2)n1. The van der Waals surface area contributed by atoms with Crippen molar-refractivity contribution in [3.8, 4) is 11.7 Å². The van der Waals surface area contributed by atoms with Crippen LogP contribution in [0.1, 0.15) is 5.82 Å². The lowest BCUT2D eigenvalue weighted by Gasteiger charge is -2.12. The summed E-state index contributed by atoms with van der Waals surface area (Å²) in [6, 6.07) is 7.09. The molecule has 154 valence electrons. The van der Waals surface area contributed by atoms with E-state index in [1.807, 2.05) is 0 Å². The summed E-state index contributed by atoms with van der Waals surface area (Å²) in [5.41, 5.74) is 7.04. The Balaban J connectivity index is 1.73. The van der Waals surface area contributed by atoms with Crippen LogP contribution in [0.3, 0.4) is 0 Å². The van der Waals surface area contributed by atoms with E-state index in [4.69, 9.17) is 17.3 Å². The quantitative estimate of drug-likeness (QED) is 0.483. The van der Waals surface area contributed by atoms with E-state index in [0.29, 0.717) is 27.7 Å². The smallest absolute Gasteiger partial charge is 0.387 e. The third-order valence-corrected chi connectivity index (χ3v) is 4.26. The van der Waals surface area contributed by atoms with E-state index in [2.05, 4.69) is 30.0 Å². The van der Waals surface area contributed by atoms with E-state index in [1.165, 1.54) is 35.0 Å². The molecule has 0 aliphatic heterocycles. The zero-order valence-corrected chi connectivity index (χ0v) is 16.0. The third kappa shape index (κ3) is 3.79. The van der Waals surface area contributed by atoms with Crippen LogP contribution < -0.4 is 15.8 Å². The summed E-state index contributed by atoms with van der Waals surface area (Å²) in [6.45, 7) is -1.24. The van der Waals surface area contributed by atoms with Crippen LogP contribution in [0.4, 0.5) is 30.5 Å². The summed E-state index contributed by atoms with van der Waals surface area (Å²) in [5, 5.41) is 3.13. The van der Waals surface area contributed by atoms with Gasteiger partial charge < -0.3 is 15.8 Å². The van der Waals surface area contributed by atoms with Crippen LogP contribution in [0.25, 0.3) is 17.1 Å². The summed E-state index contributed by atoms with van der Waals surface area (Å²) in [5.74, 6) is -0.968. The van der Waals surface area contributed by atoms with Gasteiger partial charge >= 0.3 is 6.61 Å². The number of hydrogen-bond acceptors (Lipinski definition) is 7. The van der Waals surface area contributed by atoms with E-state index in [0.717, 1.165) is 0 Å². The molecule has 0 unspecified atom stereocenters. The predicted molar refractivity (Wildman–Crippen MR) is 105 cm³/mol. The Morgan fingerprint density at radius 3 is 2.60 bits per heavy atom. The molecule has 1 aromatic carbocycles. The molecule has 4 rings (SSSR count). The van der Waals surface area contributed by atoms with Crippen molar-refractivity contribution in [2.45, 2.75) is 13.5 Å². The van der Waals surface area contributed by atoms with E-state index in [1.54, 1.807) is 13.0 Å². The lowest BCUT2D eigenvalue weighted by atomic mass is 10.3. The highest BCUT2D eigenvalue weighted by Gasteiger charge is 2.18. The van der Waals surface area contributed by atoms with Crippen LogP contribution in [-0.4, -0.2) is 31.1 Å². The van der Waals surface area contributed by atoms with E-state index in [9.17, 15) is 13.2 Å². The number of benzene rings is 1. The van der Waals surface area contributed by atoms with Crippen molar-refractivity contribution >= 4 is 40.1 Å². The minimum atomic E-state index is -2.94. The van der Waals surface area contributed by atoms with Crippen LogP contribution in [0.2, 0.25) is 5.02 Å². The zero-order valence-electron chi connectivity index (χ0n) is 15.3. The first kappa shape index (κ1) is 19.7. The van der Waals surface area contributed by atoms with Gasteiger partial charge in [-0.15, -0.1) is 0 Å². The van der Waals surface area contributed by atoms with Crippen molar-refractivity contribution in [2.75, 3.05) is 11.1 Å². The Kier molecular flexibility index (Phi) is 5.04. The molecule has 8 nitrogen and oxygen atoms in total. The lowest BCUT2D eigenvalue weighted by molar-refractivity contribution is -0.0498. The van der Waals surface area contributed by atoms with Gasteiger partial charge in [0.25, 0.3) is 0 Å². The molecule has 3 N–H and O–H groups in total. The summed E-state index contributed by atoms with van der Waals surface area (Å²) in [4.78, 5) is 16.7. The molecule has 4 aromatic rings. The molecule has 0 atom stereocenters.